The van der Waals surface area contributed by atoms with Crippen LogP contribution in [-0.2, 0) is 9.59 Å². The van der Waals surface area contributed by atoms with Gasteiger partial charge in [-0.25, -0.2) is 9.59 Å². The van der Waals surface area contributed by atoms with E-state index in [4.69, 9.17) is 30.6 Å². The molecule has 0 radical (unpaired) electrons. The lowest BCUT2D eigenvalue weighted by Gasteiger charge is -2.07. The van der Waals surface area contributed by atoms with Crippen molar-refractivity contribution in [3.8, 4) is 0 Å². The van der Waals surface area contributed by atoms with Crippen molar-refractivity contribution in [1.29, 1.82) is 0 Å². The van der Waals surface area contributed by atoms with Crippen molar-refractivity contribution in [2.24, 2.45) is 0 Å². The summed E-state index contributed by atoms with van der Waals surface area (Å²) in [5.74, 6) is -3.54. The first kappa shape index (κ1) is 20.1. The zero-order chi connectivity index (χ0) is 15.3. The van der Waals surface area contributed by atoms with Crippen LogP contribution in [0, 0.1) is 0 Å². The molecule has 2 unspecified atom stereocenters. The van der Waals surface area contributed by atoms with Crippen molar-refractivity contribution in [1.82, 2.24) is 0 Å². The maximum absolute atomic E-state index is 9.77. The van der Waals surface area contributed by atoms with Crippen molar-refractivity contribution in [2.45, 2.75) is 44.3 Å². The van der Waals surface area contributed by atoms with Crippen LogP contribution in [0.3, 0.4) is 0 Å². The summed E-state index contributed by atoms with van der Waals surface area (Å²) in [5.41, 5.74) is 0. The molecule has 0 aliphatic rings. The van der Waals surface area contributed by atoms with Crippen molar-refractivity contribution in [3.05, 3.63) is 0 Å². The van der Waals surface area contributed by atoms with E-state index in [0.29, 0.717) is 13.2 Å². The van der Waals surface area contributed by atoms with Gasteiger partial charge in [0.25, 0.3) is 0 Å². The van der Waals surface area contributed by atoms with Gasteiger partial charge in [-0.1, -0.05) is 19.3 Å². The van der Waals surface area contributed by atoms with E-state index in [0.717, 1.165) is 32.1 Å². The molecule has 0 aliphatic carbocycles. The van der Waals surface area contributed by atoms with Crippen molar-refractivity contribution in [3.63, 3.8) is 0 Å². The molecule has 8 heteroatoms. The van der Waals surface area contributed by atoms with E-state index in [9.17, 15) is 9.59 Å². The molecular weight excluding hydrogens is 260 g/mol. The van der Waals surface area contributed by atoms with Crippen molar-refractivity contribution < 1.29 is 40.2 Å². The Kier molecular flexibility index (Phi) is 14.0. The predicted molar refractivity (Wildman–Crippen MR) is 64.5 cm³/mol. The highest BCUT2D eigenvalue weighted by Crippen LogP contribution is 2.00. The fraction of sp³-hybridized carbons (Fsp3) is 0.818. The Morgan fingerprint density at radius 3 is 1.16 bits per heavy atom. The third-order valence-corrected chi connectivity index (χ3v) is 2.12. The molecule has 19 heavy (non-hydrogen) atoms. The number of unbranched alkanes of at least 4 members (excludes halogenated alkanes) is 4. The summed E-state index contributed by atoms with van der Waals surface area (Å²) < 4.78 is 0. The standard InChI is InChI=1S/C7H16O2.C4H6O6/c8-6-4-2-1-3-5-7-9;5-1(3(7)8)2(6)4(9)10/h8-9H,1-7H2;1-2,5-6H,(H,7,8)(H,9,10). The number of rotatable bonds is 9. The normalized spacial score (nSPS) is 13.1. The van der Waals surface area contributed by atoms with Gasteiger partial charge in [-0.15, -0.1) is 0 Å². The fourth-order valence-corrected chi connectivity index (χ4v) is 1.02. The molecular formula is C11H22O8. The maximum atomic E-state index is 9.77. The number of aliphatic carboxylic acids is 2. The van der Waals surface area contributed by atoms with Gasteiger partial charge >= 0.3 is 11.9 Å². The zero-order valence-electron chi connectivity index (χ0n) is 10.6. The van der Waals surface area contributed by atoms with Gasteiger partial charge in [0.05, 0.1) is 0 Å². The summed E-state index contributed by atoms with van der Waals surface area (Å²) in [6.45, 7) is 0.609. The Morgan fingerprint density at radius 2 is 0.947 bits per heavy atom. The first-order chi connectivity index (χ1) is 8.88. The number of carboxylic acid groups (broad SMARTS) is 2. The monoisotopic (exact) mass is 282 g/mol. The van der Waals surface area contributed by atoms with Crippen LogP contribution < -0.4 is 0 Å². The van der Waals surface area contributed by atoms with E-state index in [1.807, 2.05) is 0 Å². The molecule has 0 aliphatic heterocycles. The molecule has 0 saturated heterocycles. The summed E-state index contributed by atoms with van der Waals surface area (Å²) in [4.78, 5) is 19.5. The van der Waals surface area contributed by atoms with Crippen LogP contribution in [0.1, 0.15) is 32.1 Å². The molecule has 0 fully saturated rings. The first-order valence-electron chi connectivity index (χ1n) is 5.91. The van der Waals surface area contributed by atoms with Crippen molar-refractivity contribution in [2.75, 3.05) is 13.2 Å². The number of hydrogen-bond acceptors (Lipinski definition) is 6. The Bertz CT molecular complexity index is 219. The lowest BCUT2D eigenvalue weighted by molar-refractivity contribution is -0.165. The number of carbonyl (C=O) groups is 2. The van der Waals surface area contributed by atoms with E-state index in [1.165, 1.54) is 0 Å². The second-order valence-corrected chi connectivity index (χ2v) is 3.78. The Balaban J connectivity index is 0. The highest BCUT2D eigenvalue weighted by atomic mass is 16.4. The first-order valence-corrected chi connectivity index (χ1v) is 5.91. The predicted octanol–water partition coefficient (Wildman–Crippen LogP) is -1.20. The summed E-state index contributed by atoms with van der Waals surface area (Å²) >= 11 is 0. The maximum Gasteiger partial charge on any atom is 0.335 e. The Hall–Kier alpha value is -1.22. The van der Waals surface area contributed by atoms with E-state index in [-0.39, 0.29) is 0 Å². The molecule has 0 saturated carbocycles. The third-order valence-electron chi connectivity index (χ3n) is 2.12. The highest BCUT2D eigenvalue weighted by molar-refractivity contribution is 5.83. The molecule has 0 rings (SSSR count). The molecule has 6 N–H and O–H groups in total. The van der Waals surface area contributed by atoms with Gasteiger partial charge in [0.2, 0.25) is 0 Å². The van der Waals surface area contributed by atoms with Crippen LogP contribution >= 0.6 is 0 Å². The molecule has 0 aromatic carbocycles. The van der Waals surface area contributed by atoms with Crippen LogP contribution in [-0.4, -0.2) is 68.0 Å². The highest BCUT2D eigenvalue weighted by Gasteiger charge is 2.29. The van der Waals surface area contributed by atoms with Crippen LogP contribution in [0.15, 0.2) is 0 Å². The Morgan fingerprint density at radius 1 is 0.684 bits per heavy atom. The topological polar surface area (TPSA) is 156 Å². The second-order valence-electron chi connectivity index (χ2n) is 3.78. The molecule has 0 spiro atoms. The minimum atomic E-state index is -2.27. The molecule has 2 atom stereocenters. The molecule has 0 bridgehead atoms. The average molecular weight is 282 g/mol. The number of aliphatic hydroxyl groups excluding tert-OH is 4. The molecule has 0 aromatic heterocycles. The van der Waals surface area contributed by atoms with E-state index >= 15 is 0 Å². The number of aliphatic hydroxyl groups is 4. The van der Waals surface area contributed by atoms with Crippen LogP contribution in [0.25, 0.3) is 0 Å². The van der Waals surface area contributed by atoms with E-state index in [1.54, 1.807) is 0 Å². The molecule has 0 aromatic rings. The molecule has 0 amide bonds. The lowest BCUT2D eigenvalue weighted by Crippen LogP contribution is -2.39. The van der Waals surface area contributed by atoms with Crippen molar-refractivity contribution >= 4 is 11.9 Å². The van der Waals surface area contributed by atoms with E-state index < -0.39 is 24.1 Å². The summed E-state index contributed by atoms with van der Waals surface area (Å²) in [7, 11) is 0. The van der Waals surface area contributed by atoms with Gasteiger partial charge in [0.15, 0.2) is 12.2 Å². The fourth-order valence-electron chi connectivity index (χ4n) is 1.02. The minimum Gasteiger partial charge on any atom is -0.479 e. The number of carboxylic acids is 2. The van der Waals surface area contributed by atoms with Crippen LogP contribution in [0.4, 0.5) is 0 Å². The van der Waals surface area contributed by atoms with Gasteiger partial charge < -0.3 is 30.6 Å². The number of hydrogen-bond donors (Lipinski definition) is 6. The summed E-state index contributed by atoms with van der Waals surface area (Å²) in [5, 5.41) is 49.3. The second kappa shape index (κ2) is 13.2. The third kappa shape index (κ3) is 13.0. The quantitative estimate of drug-likeness (QED) is 0.288. The Labute approximate surface area is 110 Å². The minimum absolute atomic E-state index is 0.305. The average Bonchev–Trinajstić information content (AvgIpc) is 2.37. The smallest absolute Gasteiger partial charge is 0.335 e. The zero-order valence-corrected chi connectivity index (χ0v) is 10.6. The largest absolute Gasteiger partial charge is 0.479 e. The van der Waals surface area contributed by atoms with Crippen LogP contribution in [0.2, 0.25) is 0 Å². The van der Waals surface area contributed by atoms with Gasteiger partial charge in [-0.05, 0) is 12.8 Å². The lowest BCUT2D eigenvalue weighted by atomic mass is 10.2. The summed E-state index contributed by atoms with van der Waals surface area (Å²) in [6.07, 6.45) is 0.611. The van der Waals surface area contributed by atoms with Gasteiger partial charge in [0, 0.05) is 13.2 Å². The molecule has 8 nitrogen and oxygen atoms in total. The summed E-state index contributed by atoms with van der Waals surface area (Å²) in [6, 6.07) is 0. The van der Waals surface area contributed by atoms with Gasteiger partial charge in [0.1, 0.15) is 0 Å². The SMILES string of the molecule is O=C(O)C(O)C(O)C(=O)O.OCCCCCCCO. The molecule has 0 heterocycles. The van der Waals surface area contributed by atoms with Gasteiger partial charge in [-0.2, -0.15) is 0 Å². The van der Waals surface area contributed by atoms with E-state index in [2.05, 4.69) is 0 Å². The van der Waals surface area contributed by atoms with Crippen LogP contribution in [0.5, 0.6) is 0 Å². The van der Waals surface area contributed by atoms with Gasteiger partial charge in [-0.3, -0.25) is 0 Å². The molecule has 114 valence electrons.